The molecule has 3 aromatic rings. The Morgan fingerprint density at radius 1 is 0.697 bits per heavy atom. The van der Waals surface area contributed by atoms with E-state index in [2.05, 4.69) is 63.8 Å². The molecule has 0 atom stereocenters. The van der Waals surface area contributed by atoms with Gasteiger partial charge in [0.2, 0.25) is 0 Å². The van der Waals surface area contributed by atoms with Gasteiger partial charge in [0.1, 0.15) is 10.1 Å². The average molecular weight is 471 g/mol. The van der Waals surface area contributed by atoms with Gasteiger partial charge in [-0.1, -0.05) is 137 Å². The largest absolute Gasteiger partial charge is 1.00 e. The fraction of sp³-hybridized carbons (Fsp3) is 0.143. The van der Waals surface area contributed by atoms with Crippen LogP contribution in [-0.4, -0.2) is 13.0 Å². The Morgan fingerprint density at radius 2 is 1.06 bits per heavy atom. The van der Waals surface area contributed by atoms with E-state index >= 15 is 0 Å². The number of rotatable bonds is 4. The van der Waals surface area contributed by atoms with Gasteiger partial charge in [0.05, 0.1) is 0 Å². The molecule has 3 aromatic carbocycles. The molecule has 0 spiro atoms. The number of allylic oxidation sites excluding steroid dienone is 1. The van der Waals surface area contributed by atoms with Crippen molar-refractivity contribution in [2.45, 2.75) is 20.8 Å². The van der Waals surface area contributed by atoms with E-state index in [1.165, 1.54) is 17.2 Å². The van der Waals surface area contributed by atoms with Crippen molar-refractivity contribution in [2.75, 3.05) is 0 Å². The molecular formula is C28H31NaO3S. The van der Waals surface area contributed by atoms with Crippen molar-refractivity contribution in [1.82, 2.24) is 0 Å². The zero-order valence-electron chi connectivity index (χ0n) is 19.9. The molecule has 0 N–H and O–H groups in total. The quantitative estimate of drug-likeness (QED) is 0.422. The van der Waals surface area contributed by atoms with Gasteiger partial charge in [0.25, 0.3) is 0 Å². The van der Waals surface area contributed by atoms with Gasteiger partial charge >= 0.3 is 29.6 Å². The molecule has 0 heterocycles. The number of hydrogen-bond donors (Lipinski definition) is 0. The smallest absolute Gasteiger partial charge is 0.744 e. The van der Waals surface area contributed by atoms with Gasteiger partial charge in [-0.05, 0) is 28.2 Å². The molecular weight excluding hydrogens is 439 g/mol. The van der Waals surface area contributed by atoms with E-state index in [4.69, 9.17) is 0 Å². The summed E-state index contributed by atoms with van der Waals surface area (Å²) in [5.74, 6) is 0. The predicted molar refractivity (Wildman–Crippen MR) is 137 cm³/mol. The van der Waals surface area contributed by atoms with Crippen LogP contribution in [0.25, 0.3) is 18.2 Å². The molecule has 0 amide bonds. The first-order chi connectivity index (χ1) is 15.1. The molecule has 0 radical (unpaired) electrons. The summed E-state index contributed by atoms with van der Waals surface area (Å²) in [4.78, 5) is 0. The van der Waals surface area contributed by atoms with E-state index < -0.39 is 10.1 Å². The van der Waals surface area contributed by atoms with Gasteiger partial charge < -0.3 is 4.55 Å². The van der Waals surface area contributed by atoms with Crippen LogP contribution in [0.5, 0.6) is 0 Å². The minimum atomic E-state index is -4.25. The van der Waals surface area contributed by atoms with Crippen LogP contribution < -0.4 is 29.6 Å². The second-order valence-electron chi connectivity index (χ2n) is 7.93. The third-order valence-electron chi connectivity index (χ3n) is 3.84. The maximum atomic E-state index is 10.2. The van der Waals surface area contributed by atoms with Gasteiger partial charge in [-0.25, -0.2) is 8.42 Å². The minimum absolute atomic E-state index is 0. The molecule has 168 valence electrons. The van der Waals surface area contributed by atoms with Crippen LogP contribution in [0.3, 0.4) is 0 Å². The number of benzene rings is 3. The molecule has 0 aliphatic rings. The van der Waals surface area contributed by atoms with Gasteiger partial charge in [0.15, 0.2) is 0 Å². The summed E-state index contributed by atoms with van der Waals surface area (Å²) in [6.45, 7) is 10.2. The molecule has 0 aliphatic carbocycles. The third kappa shape index (κ3) is 18.0. The summed E-state index contributed by atoms with van der Waals surface area (Å²) < 4.78 is 30.5. The fourth-order valence-electron chi connectivity index (χ4n) is 2.23. The summed E-state index contributed by atoms with van der Waals surface area (Å²) in [6, 6.07) is 29.2. The molecule has 33 heavy (non-hydrogen) atoms. The number of hydrogen-bond acceptors (Lipinski definition) is 3. The Morgan fingerprint density at radius 3 is 1.36 bits per heavy atom. The van der Waals surface area contributed by atoms with E-state index in [-0.39, 0.29) is 35.0 Å². The summed E-state index contributed by atoms with van der Waals surface area (Å²) in [5, 5.41) is 0.641. The molecule has 5 heteroatoms. The third-order valence-corrected chi connectivity index (χ3v) is 4.31. The Bertz CT molecular complexity index is 1070. The van der Waals surface area contributed by atoms with Crippen molar-refractivity contribution in [3.63, 3.8) is 0 Å². The van der Waals surface area contributed by atoms with Gasteiger partial charge in [-0.15, -0.1) is 0 Å². The van der Waals surface area contributed by atoms with Gasteiger partial charge in [-0.3, -0.25) is 0 Å². The Labute approximate surface area is 221 Å². The van der Waals surface area contributed by atoms with E-state index in [1.54, 1.807) is 24.3 Å². The topological polar surface area (TPSA) is 57.2 Å². The first-order valence-corrected chi connectivity index (χ1v) is 11.7. The summed E-state index contributed by atoms with van der Waals surface area (Å²) >= 11 is 0. The average Bonchev–Trinajstić information content (AvgIpc) is 2.78. The Kier molecular flexibility index (Phi) is 15.3. The summed E-state index contributed by atoms with van der Waals surface area (Å²) in [5.41, 5.74) is 3.41. The van der Waals surface area contributed by atoms with Crippen molar-refractivity contribution in [3.8, 4) is 0 Å². The maximum Gasteiger partial charge on any atom is 1.00 e. The standard InChI is InChI=1S/C12H16.C8H8O3S.C8H8.Na/c1-12(2,3)10-9-11-7-5-4-6-8-11;9-12(10,11)7-6-8-4-2-1-3-5-8;1-2-8-6-4-3-5-7-8;/h4-10H,1-3H3;1-7H,(H,9,10,11);2-7H,1H2;/q;;;+1/p-1. The minimum Gasteiger partial charge on any atom is -0.744 e. The van der Waals surface area contributed by atoms with Crippen molar-refractivity contribution in [1.29, 1.82) is 0 Å². The van der Waals surface area contributed by atoms with E-state index in [1.807, 2.05) is 48.5 Å². The normalized spacial score (nSPS) is 10.9. The van der Waals surface area contributed by atoms with E-state index in [9.17, 15) is 13.0 Å². The van der Waals surface area contributed by atoms with Crippen LogP contribution in [0.1, 0.15) is 37.5 Å². The van der Waals surface area contributed by atoms with Crippen LogP contribution in [0.15, 0.2) is 109 Å². The molecule has 0 bridgehead atoms. The second-order valence-corrected chi connectivity index (χ2v) is 9.19. The van der Waals surface area contributed by atoms with Crippen molar-refractivity contribution < 1.29 is 42.5 Å². The SMILES string of the molecule is C=Cc1ccccc1.CC(C)(C)C=Cc1ccccc1.O=S(=O)([O-])C=Cc1ccccc1.[Na+]. The van der Waals surface area contributed by atoms with Crippen molar-refractivity contribution >= 4 is 28.3 Å². The summed E-state index contributed by atoms with van der Waals surface area (Å²) in [6.07, 6.45) is 7.49. The molecule has 0 fully saturated rings. The second kappa shape index (κ2) is 16.4. The van der Waals surface area contributed by atoms with Crippen LogP contribution in [-0.2, 0) is 10.1 Å². The first-order valence-electron chi connectivity index (χ1n) is 10.2. The molecule has 0 aromatic heterocycles. The van der Waals surface area contributed by atoms with Gasteiger partial charge in [-0.2, -0.15) is 0 Å². The zero-order valence-corrected chi connectivity index (χ0v) is 22.7. The first kappa shape index (κ1) is 30.8. The van der Waals surface area contributed by atoms with Crippen LogP contribution >= 0.6 is 0 Å². The van der Waals surface area contributed by atoms with Crippen LogP contribution in [0, 0.1) is 5.41 Å². The molecule has 0 saturated heterocycles. The molecule has 3 nitrogen and oxygen atoms in total. The molecule has 0 unspecified atom stereocenters. The molecule has 0 saturated carbocycles. The predicted octanol–water partition coefficient (Wildman–Crippen LogP) is 4.28. The van der Waals surface area contributed by atoms with Crippen LogP contribution in [0.4, 0.5) is 0 Å². The van der Waals surface area contributed by atoms with Gasteiger partial charge in [0, 0.05) is 5.41 Å². The van der Waals surface area contributed by atoms with Crippen molar-refractivity contribution in [3.05, 3.63) is 126 Å². The fourth-order valence-corrected chi connectivity index (χ4v) is 2.55. The molecule has 0 aliphatic heterocycles. The maximum absolute atomic E-state index is 10.2. The Balaban J connectivity index is 0.000000468. The molecule has 3 rings (SSSR count). The van der Waals surface area contributed by atoms with E-state index in [0.29, 0.717) is 11.0 Å². The van der Waals surface area contributed by atoms with E-state index in [0.717, 1.165) is 0 Å². The zero-order chi connectivity index (χ0) is 23.9. The summed E-state index contributed by atoms with van der Waals surface area (Å²) in [7, 11) is -4.25. The van der Waals surface area contributed by atoms with Crippen molar-refractivity contribution in [2.24, 2.45) is 5.41 Å². The van der Waals surface area contributed by atoms with Crippen LogP contribution in [0.2, 0.25) is 0 Å². The Hall–Kier alpha value is -2.21. The monoisotopic (exact) mass is 470 g/mol.